The average Bonchev–Trinajstić information content (AvgIpc) is 2.92. The Labute approximate surface area is 229 Å². The number of piperidine rings is 1. The number of nitrogens with one attached hydrogen (secondary N) is 1. The first-order chi connectivity index (χ1) is 18.7. The molecule has 0 aliphatic carbocycles. The van der Waals surface area contributed by atoms with Crippen LogP contribution in [0.2, 0.25) is 0 Å². The summed E-state index contributed by atoms with van der Waals surface area (Å²) in [6.07, 6.45) is -0.651. The molecule has 2 atom stereocenters. The van der Waals surface area contributed by atoms with Gasteiger partial charge in [0.1, 0.15) is 12.2 Å². The van der Waals surface area contributed by atoms with E-state index < -0.39 is 23.8 Å². The van der Waals surface area contributed by atoms with Crippen molar-refractivity contribution in [2.75, 3.05) is 6.54 Å². The maximum atomic E-state index is 13.8. The van der Waals surface area contributed by atoms with Crippen molar-refractivity contribution in [2.45, 2.75) is 58.0 Å². The number of alkyl carbamates (subject to hydrolysis) is 1. The highest BCUT2D eigenvalue weighted by Gasteiger charge is 2.41. The first-order valence-electron chi connectivity index (χ1n) is 13.1. The number of hydrogen-bond acceptors (Lipinski definition) is 5. The molecule has 1 aliphatic heterocycles. The largest absolute Gasteiger partial charge is 0.444 e. The van der Waals surface area contributed by atoms with Crippen LogP contribution in [-0.2, 0) is 27.5 Å². The quantitative estimate of drug-likeness (QED) is 0.446. The number of rotatable bonds is 8. The molecule has 8 nitrogen and oxygen atoms in total. The molecule has 1 heterocycles. The molecule has 1 fully saturated rings. The summed E-state index contributed by atoms with van der Waals surface area (Å²) in [6, 6.07) is 26.8. The van der Waals surface area contributed by atoms with E-state index in [0.29, 0.717) is 5.56 Å². The van der Waals surface area contributed by atoms with Crippen LogP contribution in [0.25, 0.3) is 0 Å². The Bertz CT molecular complexity index is 1250. The Morgan fingerprint density at radius 1 is 0.897 bits per heavy atom. The normalized spacial score (nSPS) is 17.4. The molecule has 1 aliphatic rings. The summed E-state index contributed by atoms with van der Waals surface area (Å²) in [5, 5.41) is 4.19. The number of nitrogens with zero attached hydrogens (tertiary/aromatic N) is 2. The molecular formula is C31H35N3O5. The van der Waals surface area contributed by atoms with Crippen LogP contribution >= 0.6 is 0 Å². The van der Waals surface area contributed by atoms with Crippen LogP contribution < -0.4 is 5.32 Å². The van der Waals surface area contributed by atoms with E-state index in [1.54, 1.807) is 49.9 Å². The minimum absolute atomic E-state index is 0.0271. The third kappa shape index (κ3) is 7.91. The molecule has 39 heavy (non-hydrogen) atoms. The molecule has 3 amide bonds. The van der Waals surface area contributed by atoms with Gasteiger partial charge in [0.05, 0.1) is 25.0 Å². The number of amides is 3. The molecule has 8 heteroatoms. The molecule has 0 aromatic heterocycles. The van der Waals surface area contributed by atoms with Crippen molar-refractivity contribution >= 4 is 17.9 Å². The van der Waals surface area contributed by atoms with Crippen molar-refractivity contribution in [3.8, 4) is 0 Å². The molecule has 0 spiro atoms. The Morgan fingerprint density at radius 2 is 1.46 bits per heavy atom. The van der Waals surface area contributed by atoms with Crippen molar-refractivity contribution in [3.63, 3.8) is 0 Å². The van der Waals surface area contributed by atoms with Crippen LogP contribution in [0.4, 0.5) is 4.79 Å². The lowest BCUT2D eigenvalue weighted by atomic mass is 9.96. The van der Waals surface area contributed by atoms with Gasteiger partial charge in [0.2, 0.25) is 5.91 Å². The smallest absolute Gasteiger partial charge is 0.408 e. The van der Waals surface area contributed by atoms with E-state index in [1.807, 2.05) is 66.7 Å². The standard InChI is InChI=1S/C31H35N3O5/c1-31(2,3)39-30(37)32-26-21-34(38-22-24-15-9-5-10-16-24)28(35)19-27(26)33(20-23-13-7-4-8-14-23)29(36)25-17-11-6-12-18-25/h4-18,26-27H,19-22H2,1-3H3,(H,32,37)/t26-,27+/m1/s1. The highest BCUT2D eigenvalue weighted by Crippen LogP contribution is 2.24. The van der Waals surface area contributed by atoms with Gasteiger partial charge in [-0.05, 0) is 44.0 Å². The van der Waals surface area contributed by atoms with Crippen molar-refractivity contribution in [1.29, 1.82) is 0 Å². The van der Waals surface area contributed by atoms with Crippen LogP contribution in [0.15, 0.2) is 91.0 Å². The number of ether oxygens (including phenoxy) is 1. The zero-order valence-corrected chi connectivity index (χ0v) is 22.6. The lowest BCUT2D eigenvalue weighted by molar-refractivity contribution is -0.202. The Kier molecular flexibility index (Phi) is 8.99. The third-order valence-corrected chi connectivity index (χ3v) is 6.30. The van der Waals surface area contributed by atoms with Crippen LogP contribution in [0.5, 0.6) is 0 Å². The van der Waals surface area contributed by atoms with Crippen LogP contribution in [0.3, 0.4) is 0 Å². The maximum absolute atomic E-state index is 13.8. The zero-order chi connectivity index (χ0) is 27.8. The summed E-state index contributed by atoms with van der Waals surface area (Å²) in [6.45, 7) is 5.87. The molecule has 0 saturated carbocycles. The fraction of sp³-hybridized carbons (Fsp3) is 0.323. The Balaban J connectivity index is 1.62. The van der Waals surface area contributed by atoms with E-state index in [9.17, 15) is 14.4 Å². The SMILES string of the molecule is CC(C)(C)OC(=O)N[C@@H]1CN(OCc2ccccc2)C(=O)C[C@@H]1N(Cc1ccccc1)C(=O)c1ccccc1. The number of benzene rings is 3. The van der Waals surface area contributed by atoms with Crippen molar-refractivity contribution < 1.29 is 24.0 Å². The van der Waals surface area contributed by atoms with Gasteiger partial charge < -0.3 is 15.0 Å². The van der Waals surface area contributed by atoms with E-state index >= 15 is 0 Å². The molecule has 0 bridgehead atoms. The minimum atomic E-state index is -0.711. The molecular weight excluding hydrogens is 494 g/mol. The van der Waals surface area contributed by atoms with Gasteiger partial charge in [-0.15, -0.1) is 0 Å². The summed E-state index contributed by atoms with van der Waals surface area (Å²) in [7, 11) is 0. The Hall–Kier alpha value is -4.17. The van der Waals surface area contributed by atoms with Gasteiger partial charge in [-0.25, -0.2) is 9.86 Å². The number of hydroxylamine groups is 2. The fourth-order valence-electron chi connectivity index (χ4n) is 4.47. The van der Waals surface area contributed by atoms with Gasteiger partial charge in [-0.3, -0.25) is 14.4 Å². The second-order valence-electron chi connectivity index (χ2n) is 10.5. The molecule has 1 saturated heterocycles. The number of carbonyl (C=O) groups excluding carboxylic acids is 3. The number of hydrogen-bond donors (Lipinski definition) is 1. The summed E-state index contributed by atoms with van der Waals surface area (Å²) < 4.78 is 5.53. The van der Waals surface area contributed by atoms with Crippen molar-refractivity contribution in [2.24, 2.45) is 0 Å². The fourth-order valence-corrected chi connectivity index (χ4v) is 4.47. The molecule has 4 rings (SSSR count). The van der Waals surface area contributed by atoms with E-state index in [4.69, 9.17) is 9.57 Å². The molecule has 3 aromatic carbocycles. The lowest BCUT2D eigenvalue weighted by Gasteiger charge is -2.43. The summed E-state index contributed by atoms with van der Waals surface area (Å²) in [5.41, 5.74) is 1.61. The lowest BCUT2D eigenvalue weighted by Crippen LogP contribution is -2.63. The summed E-state index contributed by atoms with van der Waals surface area (Å²) in [5.74, 6) is -0.496. The second-order valence-corrected chi connectivity index (χ2v) is 10.5. The highest BCUT2D eigenvalue weighted by molar-refractivity contribution is 5.95. The molecule has 0 unspecified atom stereocenters. The van der Waals surface area contributed by atoms with E-state index in [2.05, 4.69) is 5.32 Å². The van der Waals surface area contributed by atoms with Gasteiger partial charge in [0.25, 0.3) is 5.91 Å². The second kappa shape index (κ2) is 12.6. The highest BCUT2D eigenvalue weighted by atomic mass is 16.7. The molecule has 1 N–H and O–H groups in total. The first-order valence-corrected chi connectivity index (χ1v) is 13.1. The van der Waals surface area contributed by atoms with E-state index in [-0.39, 0.29) is 37.9 Å². The van der Waals surface area contributed by atoms with E-state index in [0.717, 1.165) is 11.1 Å². The van der Waals surface area contributed by atoms with Crippen molar-refractivity contribution in [1.82, 2.24) is 15.3 Å². The first kappa shape index (κ1) is 27.9. The molecule has 0 radical (unpaired) electrons. The summed E-state index contributed by atoms with van der Waals surface area (Å²) >= 11 is 0. The molecule has 204 valence electrons. The van der Waals surface area contributed by atoms with Gasteiger partial charge >= 0.3 is 6.09 Å². The minimum Gasteiger partial charge on any atom is -0.444 e. The summed E-state index contributed by atoms with van der Waals surface area (Å²) in [4.78, 5) is 47.6. The average molecular weight is 530 g/mol. The maximum Gasteiger partial charge on any atom is 0.408 e. The van der Waals surface area contributed by atoms with Gasteiger partial charge in [-0.1, -0.05) is 78.9 Å². The van der Waals surface area contributed by atoms with Crippen LogP contribution in [0.1, 0.15) is 48.7 Å². The third-order valence-electron chi connectivity index (χ3n) is 6.30. The van der Waals surface area contributed by atoms with Crippen LogP contribution in [0, 0.1) is 0 Å². The van der Waals surface area contributed by atoms with Crippen LogP contribution in [-0.4, -0.2) is 52.1 Å². The Morgan fingerprint density at radius 3 is 2.05 bits per heavy atom. The van der Waals surface area contributed by atoms with E-state index in [1.165, 1.54) is 5.06 Å². The predicted octanol–water partition coefficient (Wildman–Crippen LogP) is 4.96. The topological polar surface area (TPSA) is 88.2 Å². The van der Waals surface area contributed by atoms with Gasteiger partial charge in [0.15, 0.2) is 0 Å². The number of carbonyl (C=O) groups is 3. The monoisotopic (exact) mass is 529 g/mol. The van der Waals surface area contributed by atoms with Gasteiger partial charge in [0, 0.05) is 12.1 Å². The van der Waals surface area contributed by atoms with Crippen molar-refractivity contribution in [3.05, 3.63) is 108 Å². The predicted molar refractivity (Wildman–Crippen MR) is 147 cm³/mol. The zero-order valence-electron chi connectivity index (χ0n) is 22.6. The molecule has 3 aromatic rings. The van der Waals surface area contributed by atoms with Gasteiger partial charge in [-0.2, -0.15) is 0 Å².